The van der Waals surface area contributed by atoms with Crippen LogP contribution in [0, 0.1) is 6.92 Å². The smallest absolute Gasteiger partial charge is 0.329 e. The Morgan fingerprint density at radius 3 is 2.42 bits per heavy atom. The number of aryl methyl sites for hydroxylation is 1. The number of nitrogens with one attached hydrogen (secondary N) is 3. The SMILES string of the molecule is CCCCOc1ccc(NC(=O)C(=O)N/N=C\c2ccc(OCC(=O)Nc3cc(Cl)ccc3C)c(OC)c2)cc1. The maximum atomic E-state index is 12.3. The van der Waals surface area contributed by atoms with E-state index in [9.17, 15) is 14.4 Å². The molecule has 0 fully saturated rings. The van der Waals surface area contributed by atoms with E-state index < -0.39 is 11.8 Å². The molecule has 0 aliphatic carbocycles. The maximum absolute atomic E-state index is 12.3. The fraction of sp³-hybridized carbons (Fsp3) is 0.241. The quantitative estimate of drug-likeness (QED) is 0.123. The molecule has 0 heterocycles. The molecular formula is C29H31ClN4O6. The van der Waals surface area contributed by atoms with Crippen LogP contribution in [-0.2, 0) is 14.4 Å². The minimum atomic E-state index is -0.938. The number of methoxy groups -OCH3 is 1. The van der Waals surface area contributed by atoms with Crippen molar-refractivity contribution in [1.29, 1.82) is 0 Å². The van der Waals surface area contributed by atoms with Crippen LogP contribution in [0.4, 0.5) is 11.4 Å². The lowest BCUT2D eigenvalue weighted by Crippen LogP contribution is -2.32. The van der Waals surface area contributed by atoms with Crippen LogP contribution in [0.25, 0.3) is 0 Å². The van der Waals surface area contributed by atoms with Gasteiger partial charge >= 0.3 is 11.8 Å². The molecule has 0 unspecified atom stereocenters. The summed E-state index contributed by atoms with van der Waals surface area (Å²) in [6.07, 6.45) is 3.33. The van der Waals surface area contributed by atoms with Gasteiger partial charge in [0.1, 0.15) is 5.75 Å². The Morgan fingerprint density at radius 1 is 0.925 bits per heavy atom. The molecule has 210 valence electrons. The predicted molar refractivity (Wildman–Crippen MR) is 155 cm³/mol. The summed E-state index contributed by atoms with van der Waals surface area (Å²) in [5, 5.41) is 9.59. The average Bonchev–Trinajstić information content (AvgIpc) is 2.95. The van der Waals surface area contributed by atoms with Crippen molar-refractivity contribution >= 4 is 46.9 Å². The highest BCUT2D eigenvalue weighted by Crippen LogP contribution is 2.28. The molecule has 0 aliphatic rings. The molecule has 0 bridgehead atoms. The summed E-state index contributed by atoms with van der Waals surface area (Å²) in [7, 11) is 1.45. The van der Waals surface area contributed by atoms with Gasteiger partial charge in [0.25, 0.3) is 5.91 Å². The fourth-order valence-corrected chi connectivity index (χ4v) is 3.49. The highest BCUT2D eigenvalue weighted by Gasteiger charge is 2.13. The lowest BCUT2D eigenvalue weighted by Gasteiger charge is -2.12. The zero-order chi connectivity index (χ0) is 28.9. The first-order valence-corrected chi connectivity index (χ1v) is 12.9. The van der Waals surface area contributed by atoms with E-state index in [0.29, 0.717) is 45.8 Å². The van der Waals surface area contributed by atoms with Gasteiger partial charge < -0.3 is 24.8 Å². The van der Waals surface area contributed by atoms with Crippen LogP contribution < -0.4 is 30.3 Å². The molecule has 3 aromatic rings. The standard InChI is InChI=1S/C29H31ClN4O6/c1-4-5-14-39-23-11-9-22(10-12-23)32-28(36)29(37)34-31-17-20-7-13-25(26(15-20)38-3)40-18-27(35)33-24-16-21(30)8-6-19(24)2/h6-13,15-17H,4-5,14,18H2,1-3H3,(H,32,36)(H,33,35)(H,34,37)/b31-17-. The lowest BCUT2D eigenvalue weighted by molar-refractivity contribution is -0.136. The van der Waals surface area contributed by atoms with Crippen LogP contribution in [0.3, 0.4) is 0 Å². The molecule has 11 heteroatoms. The van der Waals surface area contributed by atoms with Crippen LogP contribution >= 0.6 is 11.6 Å². The van der Waals surface area contributed by atoms with Crippen molar-refractivity contribution in [2.45, 2.75) is 26.7 Å². The topological polar surface area (TPSA) is 127 Å². The number of hydrogen-bond acceptors (Lipinski definition) is 7. The highest BCUT2D eigenvalue weighted by molar-refractivity contribution is 6.39. The van der Waals surface area contributed by atoms with E-state index in [0.717, 1.165) is 18.4 Å². The fourth-order valence-electron chi connectivity index (χ4n) is 3.32. The Balaban J connectivity index is 1.49. The first kappa shape index (κ1) is 30.0. The summed E-state index contributed by atoms with van der Waals surface area (Å²) in [6, 6.07) is 16.8. The number of carbonyl (C=O) groups excluding carboxylic acids is 3. The molecule has 40 heavy (non-hydrogen) atoms. The highest BCUT2D eigenvalue weighted by atomic mass is 35.5. The number of halogens is 1. The van der Waals surface area contributed by atoms with Crippen molar-refractivity contribution in [2.75, 3.05) is 31.0 Å². The zero-order valence-electron chi connectivity index (χ0n) is 22.5. The minimum Gasteiger partial charge on any atom is -0.494 e. The largest absolute Gasteiger partial charge is 0.494 e. The second-order valence-corrected chi connectivity index (χ2v) is 9.02. The van der Waals surface area contributed by atoms with Crippen LogP contribution in [0.2, 0.25) is 5.02 Å². The van der Waals surface area contributed by atoms with Crippen molar-refractivity contribution in [1.82, 2.24) is 5.43 Å². The summed E-state index contributed by atoms with van der Waals surface area (Å²) in [5.74, 6) is -0.806. The van der Waals surface area contributed by atoms with Crippen molar-refractivity contribution in [3.05, 3.63) is 76.8 Å². The van der Waals surface area contributed by atoms with Gasteiger partial charge in [-0.05, 0) is 79.1 Å². The second kappa shape index (κ2) is 15.1. The molecule has 3 amide bonds. The lowest BCUT2D eigenvalue weighted by atomic mass is 10.2. The number of carbonyl (C=O) groups is 3. The van der Waals surface area contributed by atoms with Crippen LogP contribution in [0.5, 0.6) is 17.2 Å². The van der Waals surface area contributed by atoms with Crippen LogP contribution in [0.1, 0.15) is 30.9 Å². The van der Waals surface area contributed by atoms with Gasteiger partial charge in [0, 0.05) is 16.4 Å². The van der Waals surface area contributed by atoms with Gasteiger partial charge in [0.15, 0.2) is 18.1 Å². The third kappa shape index (κ3) is 9.32. The van der Waals surface area contributed by atoms with Crippen LogP contribution in [0.15, 0.2) is 65.8 Å². The summed E-state index contributed by atoms with van der Waals surface area (Å²) in [5.41, 5.74) is 4.65. The molecule has 0 aliphatic heterocycles. The Labute approximate surface area is 237 Å². The number of rotatable bonds is 12. The number of benzene rings is 3. The van der Waals surface area contributed by atoms with E-state index in [2.05, 4.69) is 28.1 Å². The first-order valence-electron chi connectivity index (χ1n) is 12.5. The molecule has 0 spiro atoms. The second-order valence-electron chi connectivity index (χ2n) is 8.59. The Bertz CT molecular complexity index is 1360. The van der Waals surface area contributed by atoms with E-state index in [1.807, 2.05) is 6.92 Å². The van der Waals surface area contributed by atoms with E-state index in [1.54, 1.807) is 60.7 Å². The Morgan fingerprint density at radius 2 is 1.70 bits per heavy atom. The van der Waals surface area contributed by atoms with Gasteiger partial charge in [-0.3, -0.25) is 14.4 Å². The summed E-state index contributed by atoms with van der Waals surface area (Å²) in [4.78, 5) is 36.6. The number of nitrogens with zero attached hydrogens (tertiary/aromatic N) is 1. The zero-order valence-corrected chi connectivity index (χ0v) is 23.2. The normalized spacial score (nSPS) is 10.6. The molecule has 10 nitrogen and oxygen atoms in total. The third-order valence-electron chi connectivity index (χ3n) is 5.48. The van der Waals surface area contributed by atoms with Gasteiger partial charge in [0.05, 0.1) is 19.9 Å². The van der Waals surface area contributed by atoms with Crippen molar-refractivity contribution in [3.8, 4) is 17.2 Å². The van der Waals surface area contributed by atoms with Gasteiger partial charge in [-0.15, -0.1) is 0 Å². The number of ether oxygens (including phenoxy) is 3. The number of hydrogen-bond donors (Lipinski definition) is 3. The Kier molecular flexibility index (Phi) is 11.3. The summed E-state index contributed by atoms with van der Waals surface area (Å²) < 4.78 is 16.5. The first-order chi connectivity index (χ1) is 19.3. The minimum absolute atomic E-state index is 0.254. The van der Waals surface area contributed by atoms with Gasteiger partial charge in [-0.25, -0.2) is 5.43 Å². The van der Waals surface area contributed by atoms with Crippen molar-refractivity contribution < 1.29 is 28.6 Å². The molecule has 3 rings (SSSR count). The number of hydrazone groups is 1. The summed E-state index contributed by atoms with van der Waals surface area (Å²) >= 11 is 5.99. The van der Waals surface area contributed by atoms with E-state index in [4.69, 9.17) is 25.8 Å². The van der Waals surface area contributed by atoms with Crippen LogP contribution in [-0.4, -0.2) is 44.3 Å². The van der Waals surface area contributed by atoms with Crippen molar-refractivity contribution in [2.24, 2.45) is 5.10 Å². The molecule has 3 aromatic carbocycles. The van der Waals surface area contributed by atoms with E-state index in [-0.39, 0.29) is 12.5 Å². The van der Waals surface area contributed by atoms with Gasteiger partial charge in [-0.2, -0.15) is 5.10 Å². The summed E-state index contributed by atoms with van der Waals surface area (Å²) in [6.45, 7) is 4.30. The maximum Gasteiger partial charge on any atom is 0.329 e. The molecule has 0 saturated heterocycles. The number of unbranched alkanes of at least 4 members (excludes halogenated alkanes) is 1. The predicted octanol–water partition coefficient (Wildman–Crippen LogP) is 4.94. The number of anilines is 2. The molecule has 0 saturated carbocycles. The third-order valence-corrected chi connectivity index (χ3v) is 5.72. The van der Waals surface area contributed by atoms with Crippen molar-refractivity contribution in [3.63, 3.8) is 0 Å². The van der Waals surface area contributed by atoms with E-state index in [1.165, 1.54) is 13.3 Å². The molecule has 0 radical (unpaired) electrons. The monoisotopic (exact) mass is 566 g/mol. The van der Waals surface area contributed by atoms with Gasteiger partial charge in [-0.1, -0.05) is 31.0 Å². The Hall–Kier alpha value is -4.57. The molecule has 0 aromatic heterocycles. The van der Waals surface area contributed by atoms with Gasteiger partial charge in [0.2, 0.25) is 0 Å². The van der Waals surface area contributed by atoms with E-state index >= 15 is 0 Å². The average molecular weight is 567 g/mol. The molecule has 0 atom stereocenters. The molecule has 3 N–H and O–H groups in total. The number of amides is 3. The molecular weight excluding hydrogens is 536 g/mol.